The molecule has 6 nitrogen and oxygen atoms in total. The number of hydrogen-bond acceptors (Lipinski definition) is 5. The van der Waals surface area contributed by atoms with Crippen molar-refractivity contribution < 1.29 is 19.1 Å². The second-order valence-electron chi connectivity index (χ2n) is 5.69. The molecule has 0 bridgehead atoms. The Bertz CT molecular complexity index is 886. The van der Waals surface area contributed by atoms with Gasteiger partial charge in [-0.05, 0) is 55.4 Å². The summed E-state index contributed by atoms with van der Waals surface area (Å²) in [6.07, 6.45) is 3.58. The molecule has 1 aromatic heterocycles. The first-order chi connectivity index (χ1) is 12.5. The fraction of sp³-hybridized carbons (Fsp3) is 0.211. The summed E-state index contributed by atoms with van der Waals surface area (Å²) in [4.78, 5) is 37.2. The van der Waals surface area contributed by atoms with E-state index in [0.717, 1.165) is 33.6 Å². The average Bonchev–Trinajstić information content (AvgIpc) is 3.11. The largest absolute Gasteiger partial charge is 0.465 e. The minimum Gasteiger partial charge on any atom is -0.465 e. The summed E-state index contributed by atoms with van der Waals surface area (Å²) in [5, 5.41) is -0.464. The third-order valence-corrected chi connectivity index (χ3v) is 4.74. The summed E-state index contributed by atoms with van der Waals surface area (Å²) in [5.74, 6) is -1.07. The third kappa shape index (κ3) is 3.72. The zero-order chi connectivity index (χ0) is 18.7. The highest BCUT2D eigenvalue weighted by Crippen LogP contribution is 2.32. The maximum Gasteiger partial charge on any atom is 0.326 e. The van der Waals surface area contributed by atoms with Crippen molar-refractivity contribution in [3.63, 3.8) is 0 Å². The second-order valence-corrected chi connectivity index (χ2v) is 6.69. The molecule has 0 atom stereocenters. The van der Waals surface area contributed by atoms with Crippen LogP contribution in [0, 0.1) is 6.92 Å². The number of esters is 1. The minimum absolute atomic E-state index is 0.206. The van der Waals surface area contributed by atoms with Gasteiger partial charge < -0.3 is 9.30 Å². The number of thioether (sulfide) groups is 1. The highest BCUT2D eigenvalue weighted by molar-refractivity contribution is 8.18. The van der Waals surface area contributed by atoms with Gasteiger partial charge in [-0.2, -0.15) is 0 Å². The van der Waals surface area contributed by atoms with Gasteiger partial charge >= 0.3 is 5.97 Å². The first-order valence-electron chi connectivity index (χ1n) is 8.15. The molecule has 1 saturated heterocycles. The van der Waals surface area contributed by atoms with Crippen molar-refractivity contribution in [3.05, 3.63) is 58.8 Å². The first kappa shape index (κ1) is 18.0. The molecule has 2 aromatic rings. The topological polar surface area (TPSA) is 68.6 Å². The summed E-state index contributed by atoms with van der Waals surface area (Å²) < 4.78 is 6.81. The molecule has 0 radical (unpaired) electrons. The van der Waals surface area contributed by atoms with E-state index in [1.54, 1.807) is 13.0 Å². The predicted molar refractivity (Wildman–Crippen MR) is 99.8 cm³/mol. The van der Waals surface area contributed by atoms with E-state index in [1.807, 2.05) is 54.1 Å². The third-order valence-electron chi connectivity index (χ3n) is 3.83. The van der Waals surface area contributed by atoms with E-state index in [0.29, 0.717) is 4.91 Å². The molecule has 0 aliphatic carbocycles. The zero-order valence-electron chi connectivity index (χ0n) is 14.5. The Kier molecular flexibility index (Phi) is 5.27. The van der Waals surface area contributed by atoms with Crippen LogP contribution in [0.25, 0.3) is 11.8 Å². The molecule has 1 aliphatic rings. The quantitative estimate of drug-likeness (QED) is 0.596. The lowest BCUT2D eigenvalue weighted by molar-refractivity contribution is -0.145. The lowest BCUT2D eigenvalue weighted by atomic mass is 10.3. The summed E-state index contributed by atoms with van der Waals surface area (Å²) in [6.45, 7) is 3.49. The van der Waals surface area contributed by atoms with E-state index in [2.05, 4.69) is 0 Å². The number of aromatic nitrogens is 1. The SMILES string of the molecule is CCOC(=O)CN1C(=O)S/C(=C\c2cc(C)n(-c3ccccc3)c2)C1=O. The summed E-state index contributed by atoms with van der Waals surface area (Å²) in [5.41, 5.74) is 2.83. The van der Waals surface area contributed by atoms with Crippen molar-refractivity contribution in [1.82, 2.24) is 9.47 Å². The maximum absolute atomic E-state index is 12.4. The van der Waals surface area contributed by atoms with Gasteiger partial charge in [0, 0.05) is 17.6 Å². The number of carbonyl (C=O) groups is 3. The van der Waals surface area contributed by atoms with Crippen molar-refractivity contribution in [2.45, 2.75) is 13.8 Å². The molecule has 134 valence electrons. The molecule has 1 aliphatic heterocycles. The molecule has 1 fully saturated rings. The molecular weight excluding hydrogens is 352 g/mol. The molecule has 1 aromatic carbocycles. The van der Waals surface area contributed by atoms with Crippen LogP contribution in [0.2, 0.25) is 0 Å². The number of benzene rings is 1. The van der Waals surface area contributed by atoms with E-state index in [1.165, 1.54) is 0 Å². The number of imide groups is 1. The Morgan fingerprint density at radius 1 is 1.23 bits per heavy atom. The van der Waals surface area contributed by atoms with Gasteiger partial charge in [-0.15, -0.1) is 0 Å². The van der Waals surface area contributed by atoms with Crippen LogP contribution in [0.5, 0.6) is 0 Å². The Labute approximate surface area is 155 Å². The highest BCUT2D eigenvalue weighted by atomic mass is 32.2. The van der Waals surface area contributed by atoms with Gasteiger partial charge in [0.05, 0.1) is 11.5 Å². The van der Waals surface area contributed by atoms with Gasteiger partial charge in [-0.3, -0.25) is 19.3 Å². The second kappa shape index (κ2) is 7.61. The van der Waals surface area contributed by atoms with Gasteiger partial charge in [0.15, 0.2) is 0 Å². The summed E-state index contributed by atoms with van der Waals surface area (Å²) in [7, 11) is 0. The Morgan fingerprint density at radius 3 is 2.65 bits per heavy atom. The van der Waals surface area contributed by atoms with Gasteiger partial charge in [0.2, 0.25) is 0 Å². The Hall–Kier alpha value is -2.80. The van der Waals surface area contributed by atoms with Crippen molar-refractivity contribution in [1.29, 1.82) is 0 Å². The van der Waals surface area contributed by atoms with Crippen LogP contribution in [0.3, 0.4) is 0 Å². The van der Waals surface area contributed by atoms with Gasteiger partial charge in [-0.1, -0.05) is 18.2 Å². The van der Waals surface area contributed by atoms with Crippen LogP contribution in [-0.2, 0) is 14.3 Å². The smallest absolute Gasteiger partial charge is 0.326 e. The van der Waals surface area contributed by atoms with E-state index in [-0.39, 0.29) is 13.2 Å². The number of para-hydroxylation sites is 1. The number of carbonyl (C=O) groups excluding carboxylic acids is 3. The number of rotatable bonds is 5. The monoisotopic (exact) mass is 370 g/mol. The zero-order valence-corrected chi connectivity index (χ0v) is 15.3. The van der Waals surface area contributed by atoms with Gasteiger partial charge in [-0.25, -0.2) is 0 Å². The van der Waals surface area contributed by atoms with Crippen LogP contribution in [0.1, 0.15) is 18.2 Å². The molecule has 2 amide bonds. The van der Waals surface area contributed by atoms with Crippen LogP contribution in [0.4, 0.5) is 4.79 Å². The fourth-order valence-electron chi connectivity index (χ4n) is 2.67. The number of amides is 2. The van der Waals surface area contributed by atoms with Crippen LogP contribution in [0.15, 0.2) is 47.5 Å². The van der Waals surface area contributed by atoms with Gasteiger partial charge in [0.1, 0.15) is 6.54 Å². The Balaban J connectivity index is 1.82. The summed E-state index contributed by atoms with van der Waals surface area (Å²) >= 11 is 0.829. The van der Waals surface area contributed by atoms with E-state index < -0.39 is 17.1 Å². The van der Waals surface area contributed by atoms with Crippen molar-refractivity contribution in [2.75, 3.05) is 13.2 Å². The molecular formula is C19H18N2O4S. The maximum atomic E-state index is 12.4. The lowest BCUT2D eigenvalue weighted by Gasteiger charge is -2.10. The van der Waals surface area contributed by atoms with E-state index in [9.17, 15) is 14.4 Å². The lowest BCUT2D eigenvalue weighted by Crippen LogP contribution is -2.34. The number of hydrogen-bond donors (Lipinski definition) is 0. The van der Waals surface area contributed by atoms with E-state index >= 15 is 0 Å². The average molecular weight is 370 g/mol. The summed E-state index contributed by atoms with van der Waals surface area (Å²) in [6, 6.07) is 11.8. The van der Waals surface area contributed by atoms with Crippen molar-refractivity contribution in [3.8, 4) is 5.69 Å². The fourth-order valence-corrected chi connectivity index (χ4v) is 3.51. The number of aryl methyl sites for hydroxylation is 1. The standard InChI is InChI=1S/C19H18N2O4S/c1-3-25-17(22)12-21-18(23)16(26-19(21)24)10-14-9-13(2)20(11-14)15-7-5-4-6-8-15/h4-11H,3,12H2,1-2H3/b16-10-. The molecule has 26 heavy (non-hydrogen) atoms. The van der Waals surface area contributed by atoms with Gasteiger partial charge in [0.25, 0.3) is 11.1 Å². The first-order valence-corrected chi connectivity index (χ1v) is 8.96. The van der Waals surface area contributed by atoms with Crippen LogP contribution in [-0.4, -0.2) is 39.7 Å². The number of ether oxygens (including phenoxy) is 1. The molecule has 0 N–H and O–H groups in total. The number of nitrogens with zero attached hydrogens (tertiary/aromatic N) is 2. The van der Waals surface area contributed by atoms with Crippen molar-refractivity contribution in [2.24, 2.45) is 0 Å². The predicted octanol–water partition coefficient (Wildman–Crippen LogP) is 3.39. The van der Waals surface area contributed by atoms with Crippen molar-refractivity contribution >= 4 is 35.0 Å². The Morgan fingerprint density at radius 2 is 1.96 bits per heavy atom. The minimum atomic E-state index is -0.595. The van der Waals surface area contributed by atoms with Crippen LogP contribution < -0.4 is 0 Å². The highest BCUT2D eigenvalue weighted by Gasteiger charge is 2.36. The van der Waals surface area contributed by atoms with Crippen LogP contribution >= 0.6 is 11.8 Å². The molecule has 7 heteroatoms. The molecule has 2 heterocycles. The van der Waals surface area contributed by atoms with E-state index in [4.69, 9.17) is 4.74 Å². The molecule has 0 unspecified atom stereocenters. The molecule has 0 spiro atoms. The molecule has 3 rings (SSSR count). The molecule has 0 saturated carbocycles. The normalized spacial score (nSPS) is 15.8.